The van der Waals surface area contributed by atoms with E-state index in [9.17, 15) is 9.18 Å². The molecule has 0 aliphatic carbocycles. The third kappa shape index (κ3) is 3.89. The Morgan fingerprint density at radius 2 is 2.03 bits per heavy atom. The third-order valence-electron chi connectivity index (χ3n) is 5.05. The number of rotatable bonds is 6. The lowest BCUT2D eigenvalue weighted by molar-refractivity contribution is -0.121. The molecule has 4 rings (SSSR count). The molecule has 2 aromatic heterocycles. The molecule has 0 bridgehead atoms. The quantitative estimate of drug-likeness (QED) is 0.542. The lowest BCUT2D eigenvalue weighted by Crippen LogP contribution is -2.27. The molecule has 7 heteroatoms. The van der Waals surface area contributed by atoms with E-state index in [2.05, 4.69) is 15.4 Å². The Labute approximate surface area is 168 Å². The normalized spacial score (nSPS) is 12.2. The van der Waals surface area contributed by atoms with Crippen molar-refractivity contribution in [3.05, 3.63) is 78.1 Å². The Morgan fingerprint density at radius 3 is 2.86 bits per heavy atom. The van der Waals surface area contributed by atoms with Gasteiger partial charge in [0.1, 0.15) is 5.82 Å². The molecule has 148 valence electrons. The van der Waals surface area contributed by atoms with Crippen LogP contribution < -0.4 is 5.32 Å². The summed E-state index contributed by atoms with van der Waals surface area (Å²) < 4.78 is 17.2. The Balaban J connectivity index is 1.41. The predicted octanol–water partition coefficient (Wildman–Crippen LogP) is 3.94. The molecule has 2 aromatic carbocycles. The van der Waals surface area contributed by atoms with Gasteiger partial charge in [-0.25, -0.2) is 14.1 Å². The number of hydrogen-bond donors (Lipinski definition) is 1. The predicted molar refractivity (Wildman–Crippen MR) is 109 cm³/mol. The summed E-state index contributed by atoms with van der Waals surface area (Å²) in [6.45, 7) is 4.39. The summed E-state index contributed by atoms with van der Waals surface area (Å²) >= 11 is 0. The van der Waals surface area contributed by atoms with Gasteiger partial charge in [-0.05, 0) is 44.2 Å². The first-order chi connectivity index (χ1) is 14.0. The zero-order valence-corrected chi connectivity index (χ0v) is 16.3. The molecule has 0 aliphatic rings. The van der Waals surface area contributed by atoms with Crippen molar-refractivity contribution >= 4 is 16.9 Å². The molecule has 4 aromatic rings. The second-order valence-corrected chi connectivity index (χ2v) is 7.04. The molecule has 1 atom stereocenters. The summed E-state index contributed by atoms with van der Waals surface area (Å²) in [7, 11) is 0. The van der Waals surface area contributed by atoms with Crippen LogP contribution in [0.1, 0.15) is 30.6 Å². The Morgan fingerprint density at radius 1 is 1.21 bits per heavy atom. The topological polar surface area (TPSA) is 64.7 Å². The molecule has 0 saturated heterocycles. The number of imidazole rings is 1. The molecule has 0 unspecified atom stereocenters. The maximum Gasteiger partial charge on any atom is 0.222 e. The average molecular weight is 391 g/mol. The van der Waals surface area contributed by atoms with E-state index in [0.29, 0.717) is 18.7 Å². The molecule has 6 nitrogen and oxygen atoms in total. The fourth-order valence-corrected chi connectivity index (χ4v) is 3.52. The number of benzene rings is 2. The minimum absolute atomic E-state index is 0.0480. The maximum atomic E-state index is 13.5. The lowest BCUT2D eigenvalue weighted by Gasteiger charge is -2.14. The van der Waals surface area contributed by atoms with Crippen molar-refractivity contribution in [1.29, 1.82) is 0 Å². The van der Waals surface area contributed by atoms with Gasteiger partial charge in [0.15, 0.2) is 0 Å². The van der Waals surface area contributed by atoms with Gasteiger partial charge in [0.2, 0.25) is 5.91 Å². The van der Waals surface area contributed by atoms with Crippen molar-refractivity contribution in [3.63, 3.8) is 0 Å². The van der Waals surface area contributed by atoms with Gasteiger partial charge in [-0.15, -0.1) is 0 Å². The lowest BCUT2D eigenvalue weighted by atomic mass is 10.1. The molecule has 1 amide bonds. The Bertz CT molecular complexity index is 1160. The highest BCUT2D eigenvalue weighted by atomic mass is 19.1. The maximum absolute atomic E-state index is 13.5. The molecule has 0 saturated carbocycles. The molecular weight excluding hydrogens is 369 g/mol. The van der Waals surface area contributed by atoms with E-state index >= 15 is 0 Å². The minimum atomic E-state index is -0.313. The Hall–Kier alpha value is -3.48. The Kier molecular flexibility index (Phi) is 5.12. The zero-order chi connectivity index (χ0) is 20.4. The molecule has 2 heterocycles. The number of carbonyl (C=O) groups is 1. The number of fused-ring (bicyclic) bond motifs is 1. The van der Waals surface area contributed by atoms with Crippen LogP contribution >= 0.6 is 0 Å². The van der Waals surface area contributed by atoms with Gasteiger partial charge in [-0.3, -0.25) is 4.79 Å². The third-order valence-corrected chi connectivity index (χ3v) is 5.05. The second kappa shape index (κ2) is 7.87. The highest BCUT2D eigenvalue weighted by Gasteiger charge is 2.16. The number of amides is 1. The van der Waals surface area contributed by atoms with Crippen LogP contribution in [0.3, 0.4) is 0 Å². The smallest absolute Gasteiger partial charge is 0.222 e. The van der Waals surface area contributed by atoms with E-state index in [0.717, 1.165) is 22.3 Å². The van der Waals surface area contributed by atoms with Gasteiger partial charge in [-0.1, -0.05) is 18.2 Å². The number of aryl methyl sites for hydroxylation is 1. The summed E-state index contributed by atoms with van der Waals surface area (Å²) in [5, 5.41) is 7.39. The molecule has 1 N–H and O–H groups in total. The number of carbonyl (C=O) groups excluding carboxylic acids is 1. The zero-order valence-electron chi connectivity index (χ0n) is 16.3. The van der Waals surface area contributed by atoms with E-state index in [1.165, 1.54) is 12.1 Å². The summed E-state index contributed by atoms with van der Waals surface area (Å²) in [6, 6.07) is 13.9. The molecule has 0 fully saturated rings. The highest BCUT2D eigenvalue weighted by molar-refractivity contribution is 5.77. The largest absolute Gasteiger partial charge is 0.349 e. The first kappa shape index (κ1) is 18.9. The number of aromatic nitrogens is 4. The molecule has 29 heavy (non-hydrogen) atoms. The van der Waals surface area contributed by atoms with E-state index in [4.69, 9.17) is 0 Å². The summed E-state index contributed by atoms with van der Waals surface area (Å²) in [5.41, 5.74) is 4.35. The number of hydrogen-bond acceptors (Lipinski definition) is 3. The van der Waals surface area contributed by atoms with Crippen LogP contribution in [0.4, 0.5) is 4.39 Å². The monoisotopic (exact) mass is 391 g/mol. The summed E-state index contributed by atoms with van der Waals surface area (Å²) in [5.74, 6) is -0.361. The molecular formula is C22H22FN5O. The van der Waals surface area contributed by atoms with E-state index in [-0.39, 0.29) is 17.8 Å². The van der Waals surface area contributed by atoms with Gasteiger partial charge in [0, 0.05) is 24.2 Å². The SMILES string of the molecule is Cc1c([C@@H](C)NC(=O)CCn2cnc3ccccc32)cnn1-c1cccc(F)c1. The standard InChI is InChI=1S/C22H22FN5O/c1-15(19-13-25-28(16(19)2)18-7-5-6-17(23)12-18)26-22(29)10-11-27-14-24-20-8-3-4-9-21(20)27/h3-9,12-15H,10-11H2,1-2H3,(H,26,29)/t15-/m1/s1. The van der Waals surface area contributed by atoms with Crippen molar-refractivity contribution in [1.82, 2.24) is 24.6 Å². The van der Waals surface area contributed by atoms with Crippen LogP contribution in [0.5, 0.6) is 0 Å². The van der Waals surface area contributed by atoms with E-state index in [1.807, 2.05) is 42.7 Å². The van der Waals surface area contributed by atoms with Crippen molar-refractivity contribution < 1.29 is 9.18 Å². The number of para-hydroxylation sites is 2. The molecule has 0 spiro atoms. The number of halogens is 1. The van der Waals surface area contributed by atoms with Crippen molar-refractivity contribution in [2.75, 3.05) is 0 Å². The van der Waals surface area contributed by atoms with Crippen LogP contribution in [0.2, 0.25) is 0 Å². The van der Waals surface area contributed by atoms with Crippen molar-refractivity contribution in [3.8, 4) is 5.69 Å². The first-order valence-corrected chi connectivity index (χ1v) is 9.52. The number of nitrogens with one attached hydrogen (secondary N) is 1. The summed E-state index contributed by atoms with van der Waals surface area (Å²) in [6.07, 6.45) is 3.82. The van der Waals surface area contributed by atoms with E-state index in [1.54, 1.807) is 29.3 Å². The van der Waals surface area contributed by atoms with Gasteiger partial charge in [-0.2, -0.15) is 5.10 Å². The highest BCUT2D eigenvalue weighted by Crippen LogP contribution is 2.21. The minimum Gasteiger partial charge on any atom is -0.349 e. The van der Waals surface area contributed by atoms with Crippen molar-refractivity contribution in [2.45, 2.75) is 32.9 Å². The summed E-state index contributed by atoms with van der Waals surface area (Å²) in [4.78, 5) is 16.8. The number of nitrogens with zero attached hydrogens (tertiary/aromatic N) is 4. The van der Waals surface area contributed by atoms with Crippen LogP contribution in [0, 0.1) is 12.7 Å². The molecule has 0 aliphatic heterocycles. The van der Waals surface area contributed by atoms with Gasteiger partial charge in [0.25, 0.3) is 0 Å². The fourth-order valence-electron chi connectivity index (χ4n) is 3.52. The first-order valence-electron chi connectivity index (χ1n) is 9.52. The van der Waals surface area contributed by atoms with E-state index < -0.39 is 0 Å². The van der Waals surface area contributed by atoms with Crippen LogP contribution in [0.15, 0.2) is 61.1 Å². The molecule has 0 radical (unpaired) electrons. The van der Waals surface area contributed by atoms with Gasteiger partial charge < -0.3 is 9.88 Å². The van der Waals surface area contributed by atoms with Crippen LogP contribution in [-0.4, -0.2) is 25.2 Å². The van der Waals surface area contributed by atoms with Crippen LogP contribution in [0.25, 0.3) is 16.7 Å². The average Bonchev–Trinajstić information content (AvgIpc) is 3.30. The van der Waals surface area contributed by atoms with Gasteiger partial charge in [0.05, 0.1) is 35.3 Å². The second-order valence-electron chi connectivity index (χ2n) is 7.04. The van der Waals surface area contributed by atoms with Crippen LogP contribution in [-0.2, 0) is 11.3 Å². The fraction of sp³-hybridized carbons (Fsp3) is 0.227. The van der Waals surface area contributed by atoms with Gasteiger partial charge >= 0.3 is 0 Å². The van der Waals surface area contributed by atoms with Crippen molar-refractivity contribution in [2.24, 2.45) is 0 Å².